The number of hydrogen-bond acceptors (Lipinski definition) is 5. The van der Waals surface area contributed by atoms with Gasteiger partial charge < -0.3 is 4.90 Å². The van der Waals surface area contributed by atoms with Gasteiger partial charge in [0.2, 0.25) is 5.91 Å². The zero-order chi connectivity index (χ0) is 20.6. The van der Waals surface area contributed by atoms with E-state index >= 15 is 0 Å². The molecule has 0 atom stereocenters. The quantitative estimate of drug-likeness (QED) is 0.157. The van der Waals surface area contributed by atoms with E-state index in [0.717, 1.165) is 19.3 Å². The molecule has 0 saturated carbocycles. The van der Waals surface area contributed by atoms with Crippen LogP contribution in [-0.2, 0) is 4.79 Å². The van der Waals surface area contributed by atoms with Crippen molar-refractivity contribution in [3.05, 3.63) is 61.2 Å². The number of carbonyl (C=O) groups excluding carboxylic acids is 2. The predicted octanol–water partition coefficient (Wildman–Crippen LogP) is 4.69. The number of anilines is 1. The highest BCUT2D eigenvalue weighted by Gasteiger charge is 2.16. The summed E-state index contributed by atoms with van der Waals surface area (Å²) in [7, 11) is 0. The Morgan fingerprint density at radius 1 is 0.893 bits per heavy atom. The Labute approximate surface area is 161 Å². The molecule has 0 bridgehead atoms. The molecule has 1 amide bonds. The van der Waals surface area contributed by atoms with Crippen LogP contribution >= 0.6 is 0 Å². The van der Waals surface area contributed by atoms with E-state index in [4.69, 9.17) is 16.6 Å². The lowest BCUT2D eigenvalue weighted by Crippen LogP contribution is -2.33. The summed E-state index contributed by atoms with van der Waals surface area (Å²) in [6, 6.07) is 6.43. The summed E-state index contributed by atoms with van der Waals surface area (Å²) < 4.78 is 0. The molecular formula is C16H20N10O2. The Kier molecular flexibility index (Phi) is 10.8. The molecule has 0 N–H and O–H groups in total. The second-order valence-electron chi connectivity index (χ2n) is 5.67. The molecule has 146 valence electrons. The van der Waals surface area contributed by atoms with Crippen LogP contribution in [0.1, 0.15) is 36.0 Å². The molecule has 1 aromatic rings. The maximum Gasteiger partial charge on any atom is 0.232 e. The molecule has 0 saturated heterocycles. The summed E-state index contributed by atoms with van der Waals surface area (Å²) in [4.78, 5) is 33.8. The molecule has 12 heteroatoms. The molecule has 12 nitrogen and oxygen atoms in total. The molecule has 0 aliphatic heterocycles. The van der Waals surface area contributed by atoms with Gasteiger partial charge in [0.05, 0.1) is 6.54 Å². The summed E-state index contributed by atoms with van der Waals surface area (Å²) >= 11 is 0. The first kappa shape index (κ1) is 22.3. The van der Waals surface area contributed by atoms with Crippen molar-refractivity contribution in [2.45, 2.75) is 25.7 Å². The Morgan fingerprint density at radius 2 is 1.57 bits per heavy atom. The highest BCUT2D eigenvalue weighted by atomic mass is 16.2. The van der Waals surface area contributed by atoms with Crippen LogP contribution in [0, 0.1) is 0 Å². The van der Waals surface area contributed by atoms with E-state index < -0.39 is 0 Å². The monoisotopic (exact) mass is 384 g/mol. The third-order valence-corrected chi connectivity index (χ3v) is 3.78. The summed E-state index contributed by atoms with van der Waals surface area (Å²) in [6.45, 7) is 0.183. The van der Waals surface area contributed by atoms with Gasteiger partial charge in [-0.2, -0.15) is 0 Å². The van der Waals surface area contributed by atoms with Crippen molar-refractivity contribution in [1.82, 2.24) is 0 Å². The van der Waals surface area contributed by atoms with Crippen LogP contribution in [0.5, 0.6) is 0 Å². The average molecular weight is 384 g/mol. The molecule has 0 aliphatic carbocycles. The third-order valence-electron chi connectivity index (χ3n) is 3.78. The second-order valence-corrected chi connectivity index (χ2v) is 5.67. The van der Waals surface area contributed by atoms with Crippen molar-refractivity contribution < 1.29 is 9.59 Å². The fourth-order valence-corrected chi connectivity index (χ4v) is 2.46. The van der Waals surface area contributed by atoms with Gasteiger partial charge in [-0.15, -0.1) is 0 Å². The van der Waals surface area contributed by atoms with Crippen LogP contribution in [0.2, 0.25) is 0 Å². The molecule has 28 heavy (non-hydrogen) atoms. The number of carbonyl (C=O) groups is 2. The molecule has 1 rings (SSSR count). The molecule has 0 spiro atoms. The number of ketones is 1. The second kappa shape index (κ2) is 13.5. The summed E-state index contributed by atoms with van der Waals surface area (Å²) in [5.74, 6) is -0.744. The fraction of sp³-hybridized carbons (Fsp3) is 0.500. The lowest BCUT2D eigenvalue weighted by Gasteiger charge is -2.23. The van der Waals surface area contributed by atoms with Crippen molar-refractivity contribution >= 4 is 17.4 Å². The number of Topliss-reactive ketones (excluding diaryl/α,β-unsaturated/α-hetero) is 1. The fourth-order valence-electron chi connectivity index (χ4n) is 2.46. The van der Waals surface area contributed by atoms with E-state index in [9.17, 15) is 9.59 Å². The Morgan fingerprint density at radius 3 is 2.29 bits per heavy atom. The van der Waals surface area contributed by atoms with Gasteiger partial charge >= 0.3 is 0 Å². The Bertz CT molecular complexity index is 820. The first-order valence-corrected chi connectivity index (χ1v) is 8.60. The smallest absolute Gasteiger partial charge is 0.232 e. The van der Waals surface area contributed by atoms with E-state index in [0.29, 0.717) is 30.8 Å². The number of rotatable bonds is 13. The molecule has 0 unspecified atom stereocenters. The van der Waals surface area contributed by atoms with Gasteiger partial charge in [-0.25, -0.2) is 0 Å². The molecule has 0 radical (unpaired) electrons. The van der Waals surface area contributed by atoms with Crippen molar-refractivity contribution in [3.63, 3.8) is 0 Å². The summed E-state index contributed by atoms with van der Waals surface area (Å²) in [5, 5.41) is 10.0. The number of benzene rings is 1. The van der Waals surface area contributed by atoms with Crippen LogP contribution in [0.25, 0.3) is 31.3 Å². The third kappa shape index (κ3) is 8.11. The van der Waals surface area contributed by atoms with E-state index in [2.05, 4.69) is 30.1 Å². The van der Waals surface area contributed by atoms with E-state index in [1.807, 2.05) is 0 Å². The van der Waals surface area contributed by atoms with Crippen LogP contribution in [0.15, 0.2) is 39.6 Å². The van der Waals surface area contributed by atoms with Gasteiger partial charge in [-0.3, -0.25) is 9.59 Å². The van der Waals surface area contributed by atoms with Crippen molar-refractivity contribution in [1.29, 1.82) is 0 Å². The van der Waals surface area contributed by atoms with Crippen LogP contribution in [0.4, 0.5) is 5.69 Å². The maximum atomic E-state index is 12.4. The van der Waals surface area contributed by atoms with Crippen molar-refractivity contribution in [2.24, 2.45) is 15.3 Å². The molecule has 0 fully saturated rings. The van der Waals surface area contributed by atoms with Gasteiger partial charge in [0.25, 0.3) is 0 Å². The van der Waals surface area contributed by atoms with Crippen molar-refractivity contribution in [3.8, 4) is 0 Å². The zero-order valence-electron chi connectivity index (χ0n) is 15.3. The van der Waals surface area contributed by atoms with E-state index in [1.54, 1.807) is 24.3 Å². The standard InChI is InChI=1S/C16H20N10O2/c17-23-20-8-3-1-2-4-9-26(16(28)12-22-25-19)14-7-5-6-13(10-14)15(27)11-21-24-18/h5-7,10H,1-4,8-9,11-12H2. The first-order valence-electron chi connectivity index (χ1n) is 8.60. The van der Waals surface area contributed by atoms with Crippen LogP contribution in [0.3, 0.4) is 0 Å². The van der Waals surface area contributed by atoms with Gasteiger partial charge in [-0.05, 0) is 41.6 Å². The molecule has 0 aromatic heterocycles. The number of amides is 1. The molecule has 0 heterocycles. The molecular weight excluding hydrogens is 364 g/mol. The van der Waals surface area contributed by atoms with E-state index in [-0.39, 0.29) is 24.8 Å². The highest BCUT2D eigenvalue weighted by molar-refractivity contribution is 6.00. The van der Waals surface area contributed by atoms with E-state index in [1.165, 1.54) is 4.90 Å². The topological polar surface area (TPSA) is 184 Å². The number of azide groups is 3. The normalized spacial score (nSPS) is 9.43. The summed E-state index contributed by atoms with van der Waals surface area (Å²) in [5.41, 5.74) is 25.9. The first-order chi connectivity index (χ1) is 13.6. The average Bonchev–Trinajstić information content (AvgIpc) is 2.72. The Balaban J connectivity index is 2.84. The highest BCUT2D eigenvalue weighted by Crippen LogP contribution is 2.19. The number of nitrogens with zero attached hydrogens (tertiary/aromatic N) is 10. The minimum Gasteiger partial charge on any atom is -0.312 e. The van der Waals surface area contributed by atoms with Gasteiger partial charge in [0, 0.05) is 39.1 Å². The van der Waals surface area contributed by atoms with Crippen molar-refractivity contribution in [2.75, 3.05) is 31.1 Å². The van der Waals surface area contributed by atoms with Crippen LogP contribution < -0.4 is 4.90 Å². The number of hydrogen-bond donors (Lipinski definition) is 0. The van der Waals surface area contributed by atoms with Gasteiger partial charge in [-0.1, -0.05) is 40.3 Å². The minimum absolute atomic E-state index is 0.308. The SMILES string of the molecule is [N-]=[N+]=NCCCCCCN(C(=O)CN=[N+]=[N-])c1cccc(C(=O)CN=[N+]=[N-])c1. The maximum absolute atomic E-state index is 12.4. The number of unbranched alkanes of at least 4 members (excludes halogenated alkanes) is 3. The van der Waals surface area contributed by atoms with Gasteiger partial charge in [0.15, 0.2) is 5.78 Å². The van der Waals surface area contributed by atoms with Crippen LogP contribution in [-0.4, -0.2) is 37.9 Å². The lowest BCUT2D eigenvalue weighted by molar-refractivity contribution is -0.117. The minimum atomic E-state index is -0.383. The predicted molar refractivity (Wildman–Crippen MR) is 104 cm³/mol. The largest absolute Gasteiger partial charge is 0.312 e. The molecule has 1 aromatic carbocycles. The lowest BCUT2D eigenvalue weighted by atomic mass is 10.1. The summed E-state index contributed by atoms with van der Waals surface area (Å²) in [6.07, 6.45) is 3.12. The Hall–Kier alpha value is -3.71. The zero-order valence-corrected chi connectivity index (χ0v) is 15.3. The van der Waals surface area contributed by atoms with Gasteiger partial charge in [0.1, 0.15) is 6.54 Å². The molecule has 0 aliphatic rings.